The largest absolute Gasteiger partial charge is 0.490 e. The molecule has 4 aromatic carbocycles. The monoisotopic (exact) mass is 677 g/mol. The molecule has 0 radical (unpaired) electrons. The third kappa shape index (κ3) is 8.69. The standard InChI is InChI=1S/C35H35NO11S/c1-21-5-10-25(11-6-21)48(43,44)36-35(18-45-29-15-22(2)7-12-26(29)32(37)38,19-46-30-16-23(3)8-13-27(30)33(39)40)20-47-31-17-24(4)9-14-28(31)34(41)42/h5-17,36H,18-20H2,1-4H3,(H,37,38)(H,39,40)(H,41,42). The summed E-state index contributed by atoms with van der Waals surface area (Å²) >= 11 is 0. The first-order valence-corrected chi connectivity index (χ1v) is 16.1. The van der Waals surface area contributed by atoms with Gasteiger partial charge in [0.15, 0.2) is 0 Å². The number of hydrogen-bond donors (Lipinski definition) is 4. The molecule has 0 saturated carbocycles. The van der Waals surface area contributed by atoms with Gasteiger partial charge in [0.1, 0.15) is 59.3 Å². The maximum Gasteiger partial charge on any atom is 0.339 e. The van der Waals surface area contributed by atoms with Gasteiger partial charge in [0, 0.05) is 0 Å². The number of carboxylic acid groups (broad SMARTS) is 3. The Balaban J connectivity index is 1.86. The quantitative estimate of drug-likeness (QED) is 0.128. The lowest BCUT2D eigenvalue weighted by Gasteiger charge is -2.34. The summed E-state index contributed by atoms with van der Waals surface area (Å²) in [6.07, 6.45) is 0. The van der Waals surface area contributed by atoms with Crippen molar-refractivity contribution in [3.63, 3.8) is 0 Å². The van der Waals surface area contributed by atoms with Gasteiger partial charge in [-0.3, -0.25) is 0 Å². The molecule has 0 fully saturated rings. The summed E-state index contributed by atoms with van der Waals surface area (Å²) in [4.78, 5) is 36.0. The van der Waals surface area contributed by atoms with Crippen LogP contribution in [0.1, 0.15) is 53.3 Å². The molecule has 0 atom stereocenters. The van der Waals surface area contributed by atoms with Crippen molar-refractivity contribution in [1.82, 2.24) is 4.72 Å². The maximum atomic E-state index is 13.9. The van der Waals surface area contributed by atoms with Crippen molar-refractivity contribution in [2.75, 3.05) is 19.8 Å². The summed E-state index contributed by atoms with van der Waals surface area (Å²) in [5, 5.41) is 29.4. The molecule has 4 rings (SSSR count). The van der Waals surface area contributed by atoms with E-state index in [0.717, 1.165) is 5.56 Å². The predicted octanol–water partition coefficient (Wildman–Crippen LogP) is 5.27. The Hall–Kier alpha value is -5.40. The van der Waals surface area contributed by atoms with Crippen LogP contribution in [0.25, 0.3) is 0 Å². The Labute approximate surface area is 277 Å². The number of hydrogen-bond acceptors (Lipinski definition) is 8. The molecule has 0 amide bonds. The van der Waals surface area contributed by atoms with Gasteiger partial charge >= 0.3 is 17.9 Å². The molecular weight excluding hydrogens is 642 g/mol. The fourth-order valence-electron chi connectivity index (χ4n) is 4.70. The van der Waals surface area contributed by atoms with Crippen molar-refractivity contribution in [1.29, 1.82) is 0 Å². The van der Waals surface area contributed by atoms with E-state index in [9.17, 15) is 38.1 Å². The number of sulfonamides is 1. The van der Waals surface area contributed by atoms with E-state index in [1.807, 2.05) is 0 Å². The average Bonchev–Trinajstić information content (AvgIpc) is 3.01. The van der Waals surface area contributed by atoms with Crippen LogP contribution in [-0.4, -0.2) is 67.0 Å². The van der Waals surface area contributed by atoms with Gasteiger partial charge in [0.05, 0.1) is 4.90 Å². The molecule has 0 aromatic heterocycles. The molecular formula is C35H35NO11S. The highest BCUT2D eigenvalue weighted by molar-refractivity contribution is 7.89. The van der Waals surface area contributed by atoms with E-state index in [-0.39, 0.29) is 38.8 Å². The number of benzene rings is 4. The molecule has 4 N–H and O–H groups in total. The molecule has 13 heteroatoms. The molecule has 0 aliphatic heterocycles. The summed E-state index contributed by atoms with van der Waals surface area (Å²) in [6, 6.07) is 19.1. The fourth-order valence-corrected chi connectivity index (χ4v) is 6.06. The Morgan fingerprint density at radius 2 is 0.875 bits per heavy atom. The normalized spacial score (nSPS) is 11.5. The van der Waals surface area contributed by atoms with Crippen LogP contribution in [0.4, 0.5) is 0 Å². The number of aromatic carboxylic acids is 3. The second-order valence-corrected chi connectivity index (χ2v) is 13.2. The minimum atomic E-state index is -4.39. The molecule has 0 aliphatic carbocycles. The second-order valence-electron chi connectivity index (χ2n) is 11.5. The van der Waals surface area contributed by atoms with Gasteiger partial charge in [-0.1, -0.05) is 35.9 Å². The van der Waals surface area contributed by atoms with Gasteiger partial charge in [-0.05, 0) is 92.9 Å². The molecule has 0 spiro atoms. The zero-order valence-electron chi connectivity index (χ0n) is 26.6. The van der Waals surface area contributed by atoms with Gasteiger partial charge in [-0.25, -0.2) is 22.8 Å². The molecule has 0 unspecified atom stereocenters. The molecule has 4 aromatic rings. The topological polar surface area (TPSA) is 186 Å². The summed E-state index contributed by atoms with van der Waals surface area (Å²) in [6.45, 7) is 5.16. The molecule has 0 aliphatic rings. The molecule has 0 bridgehead atoms. The first-order valence-electron chi connectivity index (χ1n) is 14.6. The van der Waals surface area contributed by atoms with Crippen LogP contribution in [0, 0.1) is 27.7 Å². The van der Waals surface area contributed by atoms with Crippen molar-refractivity contribution in [2.24, 2.45) is 0 Å². The van der Waals surface area contributed by atoms with Crippen LogP contribution in [0.3, 0.4) is 0 Å². The number of ether oxygens (including phenoxy) is 3. The van der Waals surface area contributed by atoms with Gasteiger partial charge in [-0.15, -0.1) is 0 Å². The van der Waals surface area contributed by atoms with Crippen molar-refractivity contribution in [3.8, 4) is 17.2 Å². The third-order valence-electron chi connectivity index (χ3n) is 7.30. The van der Waals surface area contributed by atoms with Crippen molar-refractivity contribution in [2.45, 2.75) is 38.1 Å². The number of nitrogens with one attached hydrogen (secondary N) is 1. The van der Waals surface area contributed by atoms with E-state index in [2.05, 4.69) is 4.72 Å². The lowest BCUT2D eigenvalue weighted by molar-refractivity contribution is 0.0667. The highest BCUT2D eigenvalue weighted by atomic mass is 32.2. The predicted molar refractivity (Wildman–Crippen MR) is 175 cm³/mol. The summed E-state index contributed by atoms with van der Waals surface area (Å²) < 4.78 is 48.5. The summed E-state index contributed by atoms with van der Waals surface area (Å²) in [7, 11) is -4.39. The van der Waals surface area contributed by atoms with Crippen molar-refractivity contribution >= 4 is 27.9 Å². The number of carboxylic acids is 3. The minimum Gasteiger partial charge on any atom is -0.490 e. The van der Waals surface area contributed by atoms with E-state index in [1.165, 1.54) is 48.5 Å². The van der Waals surface area contributed by atoms with Crippen LogP contribution < -0.4 is 18.9 Å². The number of rotatable bonds is 15. The van der Waals surface area contributed by atoms with Crippen LogP contribution in [0.2, 0.25) is 0 Å². The number of carbonyl (C=O) groups is 3. The zero-order chi connectivity index (χ0) is 35.2. The molecule has 0 saturated heterocycles. The molecule has 48 heavy (non-hydrogen) atoms. The Morgan fingerprint density at radius 3 is 1.19 bits per heavy atom. The van der Waals surface area contributed by atoms with Gasteiger partial charge < -0.3 is 29.5 Å². The van der Waals surface area contributed by atoms with Crippen LogP contribution in [0.5, 0.6) is 17.2 Å². The van der Waals surface area contributed by atoms with E-state index in [0.29, 0.717) is 16.7 Å². The van der Waals surface area contributed by atoms with E-state index in [1.54, 1.807) is 58.0 Å². The van der Waals surface area contributed by atoms with E-state index < -0.39 is 53.3 Å². The SMILES string of the molecule is Cc1ccc(S(=O)(=O)NC(COc2cc(C)ccc2C(=O)O)(COc2cc(C)ccc2C(=O)O)COc2cc(C)ccc2C(=O)O)cc1. The number of aryl methyl sites for hydroxylation is 4. The highest BCUT2D eigenvalue weighted by Gasteiger charge is 2.40. The molecule has 252 valence electrons. The Bertz CT molecular complexity index is 1790. The third-order valence-corrected chi connectivity index (χ3v) is 8.89. The fraction of sp³-hybridized carbons (Fsp3) is 0.229. The Kier molecular flexibility index (Phi) is 10.8. The second kappa shape index (κ2) is 14.6. The van der Waals surface area contributed by atoms with Crippen LogP contribution in [-0.2, 0) is 10.0 Å². The summed E-state index contributed by atoms with van der Waals surface area (Å²) in [5.74, 6) is -4.11. The van der Waals surface area contributed by atoms with Crippen LogP contribution >= 0.6 is 0 Å². The van der Waals surface area contributed by atoms with Crippen molar-refractivity contribution < 1.29 is 52.3 Å². The molecule has 0 heterocycles. The van der Waals surface area contributed by atoms with Gasteiger partial charge in [0.25, 0.3) is 0 Å². The first-order chi connectivity index (χ1) is 22.6. The van der Waals surface area contributed by atoms with Gasteiger partial charge in [-0.2, -0.15) is 4.72 Å². The zero-order valence-corrected chi connectivity index (χ0v) is 27.5. The minimum absolute atomic E-state index is 0.0787. The van der Waals surface area contributed by atoms with E-state index in [4.69, 9.17) is 14.2 Å². The Morgan fingerprint density at radius 1 is 0.562 bits per heavy atom. The highest BCUT2D eigenvalue weighted by Crippen LogP contribution is 2.28. The van der Waals surface area contributed by atoms with E-state index >= 15 is 0 Å². The van der Waals surface area contributed by atoms with Crippen LogP contribution in [0.15, 0.2) is 83.8 Å². The summed E-state index contributed by atoms with van der Waals surface area (Å²) in [5.41, 5.74) is 0.268. The van der Waals surface area contributed by atoms with Gasteiger partial charge in [0.2, 0.25) is 10.0 Å². The smallest absolute Gasteiger partial charge is 0.339 e. The first kappa shape index (κ1) is 35.5. The lowest BCUT2D eigenvalue weighted by Crippen LogP contribution is -2.60. The average molecular weight is 678 g/mol. The van der Waals surface area contributed by atoms with Crippen molar-refractivity contribution in [3.05, 3.63) is 118 Å². The maximum absolute atomic E-state index is 13.9. The molecule has 12 nitrogen and oxygen atoms in total. The lowest BCUT2D eigenvalue weighted by atomic mass is 10.0.